The van der Waals surface area contributed by atoms with Crippen LogP contribution in [0, 0.1) is 4.91 Å². The zero-order chi connectivity index (χ0) is 20.5. The van der Waals surface area contributed by atoms with E-state index in [-0.39, 0.29) is 25.3 Å². The van der Waals surface area contributed by atoms with Gasteiger partial charge in [0, 0.05) is 25.8 Å². The highest BCUT2D eigenvalue weighted by molar-refractivity contribution is 5.87. The van der Waals surface area contributed by atoms with Crippen LogP contribution < -0.4 is 21.8 Å². The number of amides is 2. The Morgan fingerprint density at radius 3 is 2.54 bits per heavy atom. The van der Waals surface area contributed by atoms with Gasteiger partial charge in [-0.3, -0.25) is 9.59 Å². The number of nitrogens with one attached hydrogen (secondary N) is 3. The van der Waals surface area contributed by atoms with E-state index in [9.17, 15) is 24.4 Å². The molecule has 0 bridgehead atoms. The molecule has 1 aliphatic rings. The second kappa shape index (κ2) is 10.4. The molecule has 1 heterocycles. The summed E-state index contributed by atoms with van der Waals surface area (Å²) >= 11 is 0. The average Bonchev–Trinajstić information content (AvgIpc) is 3.19. The summed E-state index contributed by atoms with van der Waals surface area (Å²) < 4.78 is 0. The van der Waals surface area contributed by atoms with Crippen molar-refractivity contribution in [1.82, 2.24) is 16.1 Å². The van der Waals surface area contributed by atoms with E-state index in [0.717, 1.165) is 12.1 Å². The highest BCUT2D eigenvalue weighted by atomic mass is 16.4. The Kier molecular flexibility index (Phi) is 7.88. The van der Waals surface area contributed by atoms with E-state index in [1.165, 1.54) is 0 Å². The van der Waals surface area contributed by atoms with Gasteiger partial charge in [-0.1, -0.05) is 30.3 Å². The van der Waals surface area contributed by atoms with Gasteiger partial charge < -0.3 is 21.5 Å². The lowest BCUT2D eigenvalue weighted by atomic mass is 10.0. The Labute approximate surface area is 162 Å². The van der Waals surface area contributed by atoms with Crippen molar-refractivity contribution in [2.75, 3.05) is 13.1 Å². The fourth-order valence-electron chi connectivity index (χ4n) is 2.96. The van der Waals surface area contributed by atoms with Gasteiger partial charge in [-0.15, -0.1) is 5.43 Å². The van der Waals surface area contributed by atoms with Crippen LogP contribution in [-0.4, -0.2) is 59.0 Å². The van der Waals surface area contributed by atoms with Crippen molar-refractivity contribution < 1.29 is 24.4 Å². The van der Waals surface area contributed by atoms with E-state index >= 15 is 0 Å². The Morgan fingerprint density at radius 1 is 1.25 bits per heavy atom. The summed E-state index contributed by atoms with van der Waals surface area (Å²) in [5.74, 6) is -2.56. The first kappa shape index (κ1) is 21.3. The zero-order valence-electron chi connectivity index (χ0n) is 15.5. The molecule has 1 fully saturated rings. The van der Waals surface area contributed by atoms with Gasteiger partial charge in [-0.25, -0.2) is 4.79 Å². The van der Waals surface area contributed by atoms with Crippen molar-refractivity contribution in [3.63, 3.8) is 0 Å². The van der Waals surface area contributed by atoms with Crippen molar-refractivity contribution in [3.8, 4) is 0 Å². The highest BCUT2D eigenvalue weighted by Gasteiger charge is 2.35. The minimum absolute atomic E-state index is 0.123. The van der Waals surface area contributed by atoms with Crippen LogP contribution in [0.3, 0.4) is 0 Å². The second-order valence-electron chi connectivity index (χ2n) is 6.75. The monoisotopic (exact) mass is 392 g/mol. The summed E-state index contributed by atoms with van der Waals surface area (Å²) in [7, 11) is 0. The van der Waals surface area contributed by atoms with Gasteiger partial charge in [0.2, 0.25) is 17.9 Å². The number of aliphatic carboxylic acids is 1. The SMILES string of the molecule is NC(=O)CC[C@H](NC(=O)[C@H](Cc1ccccc1)N[N+](=O)[C@H]1CCNC1)C(=O)O. The number of nitroso groups, excluding NO2 is 1. The number of benzene rings is 1. The number of hydrogen-bond acceptors (Lipinski definition) is 5. The number of nitrogens with two attached hydrogens (primary N) is 1. The molecule has 28 heavy (non-hydrogen) atoms. The smallest absolute Gasteiger partial charge is 0.326 e. The molecule has 0 aromatic heterocycles. The molecular weight excluding hydrogens is 366 g/mol. The standard InChI is InChI=1S/C18H25N5O5/c19-16(24)7-6-14(18(26)27)21-17(25)15(10-12-4-2-1-3-5-12)22-23(28)13-8-9-20-11-13/h1-5,13-15,20H,6-11H2,(H4-,19,21,22,24,25,26,27,28)/p+1/t13-,14-,15-/m0/s1. The normalized spacial score (nSPS) is 18.1. The van der Waals surface area contributed by atoms with Crippen molar-refractivity contribution in [1.29, 1.82) is 0 Å². The van der Waals surface area contributed by atoms with Gasteiger partial charge >= 0.3 is 5.97 Å². The maximum absolute atomic E-state index is 12.7. The molecule has 2 amide bonds. The van der Waals surface area contributed by atoms with Crippen LogP contribution in [0.4, 0.5) is 0 Å². The van der Waals surface area contributed by atoms with E-state index in [2.05, 4.69) is 16.1 Å². The maximum Gasteiger partial charge on any atom is 0.326 e. The first-order chi connectivity index (χ1) is 13.4. The zero-order valence-corrected chi connectivity index (χ0v) is 15.5. The number of hydrazine groups is 1. The predicted octanol–water partition coefficient (Wildman–Crippen LogP) is -0.922. The fourth-order valence-corrected chi connectivity index (χ4v) is 2.96. The van der Waals surface area contributed by atoms with Crippen LogP contribution in [0.5, 0.6) is 0 Å². The average molecular weight is 392 g/mol. The van der Waals surface area contributed by atoms with Gasteiger partial charge in [0.25, 0.3) is 0 Å². The summed E-state index contributed by atoms with van der Waals surface area (Å²) in [4.78, 5) is 48.1. The lowest BCUT2D eigenvalue weighted by Crippen LogP contribution is -2.54. The van der Waals surface area contributed by atoms with Gasteiger partial charge in [0.1, 0.15) is 10.9 Å². The highest BCUT2D eigenvalue weighted by Crippen LogP contribution is 2.07. The van der Waals surface area contributed by atoms with Crippen LogP contribution >= 0.6 is 0 Å². The van der Waals surface area contributed by atoms with Crippen molar-refractivity contribution in [2.24, 2.45) is 5.73 Å². The molecule has 10 heteroatoms. The summed E-state index contributed by atoms with van der Waals surface area (Å²) in [6.45, 7) is 1.22. The number of rotatable bonds is 11. The van der Waals surface area contributed by atoms with E-state index in [4.69, 9.17) is 5.73 Å². The molecule has 2 rings (SSSR count). The molecule has 1 aromatic rings. The molecule has 0 spiro atoms. The number of carboxylic acid groups (broad SMARTS) is 1. The van der Waals surface area contributed by atoms with Crippen LogP contribution in [0.2, 0.25) is 0 Å². The van der Waals surface area contributed by atoms with E-state index in [1.807, 2.05) is 30.3 Å². The molecule has 0 radical (unpaired) electrons. The van der Waals surface area contributed by atoms with Gasteiger partial charge in [-0.2, -0.15) is 0 Å². The summed E-state index contributed by atoms with van der Waals surface area (Å²) in [6, 6.07) is 6.55. The maximum atomic E-state index is 12.7. The molecule has 1 aromatic carbocycles. The molecule has 3 atom stereocenters. The summed E-state index contributed by atoms with van der Waals surface area (Å²) in [5.41, 5.74) is 8.53. The van der Waals surface area contributed by atoms with Crippen LogP contribution in [0.1, 0.15) is 24.8 Å². The van der Waals surface area contributed by atoms with E-state index < -0.39 is 29.9 Å². The number of carbonyl (C=O) groups is 3. The number of carbonyl (C=O) groups excluding carboxylic acids is 2. The molecule has 0 saturated carbocycles. The molecule has 1 aliphatic heterocycles. The number of carboxylic acids is 1. The van der Waals surface area contributed by atoms with Gasteiger partial charge in [-0.05, 0) is 12.0 Å². The largest absolute Gasteiger partial charge is 0.480 e. The van der Waals surface area contributed by atoms with Crippen LogP contribution in [0.15, 0.2) is 30.3 Å². The summed E-state index contributed by atoms with van der Waals surface area (Å²) in [6.07, 6.45) is 0.553. The van der Waals surface area contributed by atoms with E-state index in [0.29, 0.717) is 17.8 Å². The predicted molar refractivity (Wildman–Crippen MR) is 100.0 cm³/mol. The quantitative estimate of drug-likeness (QED) is 0.241. The van der Waals surface area contributed by atoms with Crippen molar-refractivity contribution in [3.05, 3.63) is 40.8 Å². The molecule has 0 aliphatic carbocycles. The van der Waals surface area contributed by atoms with Crippen LogP contribution in [0.25, 0.3) is 0 Å². The molecule has 10 nitrogen and oxygen atoms in total. The van der Waals surface area contributed by atoms with Gasteiger partial charge in [0.15, 0.2) is 6.04 Å². The molecule has 152 valence electrons. The number of hydrogen-bond donors (Lipinski definition) is 5. The minimum atomic E-state index is -1.27. The third-order valence-electron chi connectivity index (χ3n) is 4.54. The second-order valence-corrected chi connectivity index (χ2v) is 6.75. The van der Waals surface area contributed by atoms with Gasteiger partial charge in [0.05, 0.1) is 11.5 Å². The topological polar surface area (TPSA) is 154 Å². The molecule has 0 unspecified atom stereocenters. The summed E-state index contributed by atoms with van der Waals surface area (Å²) in [5, 5.41) is 14.8. The fraction of sp³-hybridized carbons (Fsp3) is 0.500. The molecule has 1 saturated heterocycles. The van der Waals surface area contributed by atoms with Crippen LogP contribution in [-0.2, 0) is 20.8 Å². The first-order valence-corrected chi connectivity index (χ1v) is 9.15. The number of nitrogens with zero attached hydrogens (tertiary/aromatic N) is 1. The third-order valence-corrected chi connectivity index (χ3v) is 4.54. The third kappa shape index (κ3) is 6.62. The lowest BCUT2D eigenvalue weighted by molar-refractivity contribution is -0.640. The van der Waals surface area contributed by atoms with Crippen molar-refractivity contribution in [2.45, 2.75) is 43.8 Å². The Hall–Kier alpha value is -3.01. The Balaban J connectivity index is 2.08. The lowest BCUT2D eigenvalue weighted by Gasteiger charge is -2.19. The first-order valence-electron chi connectivity index (χ1n) is 9.15. The van der Waals surface area contributed by atoms with E-state index in [1.54, 1.807) is 0 Å². The minimum Gasteiger partial charge on any atom is -0.480 e. The number of primary amides is 1. The molecular formula is C18H26N5O5+. The Morgan fingerprint density at radius 2 is 1.96 bits per heavy atom. The van der Waals surface area contributed by atoms with Crippen molar-refractivity contribution >= 4 is 17.8 Å². The molecule has 6 N–H and O–H groups in total. The Bertz CT molecular complexity index is 706.